The molecule has 3 aromatic rings. The Hall–Kier alpha value is -3.80. The summed E-state index contributed by atoms with van der Waals surface area (Å²) >= 11 is 0. The number of hydrogen-bond donors (Lipinski definition) is 2. The molecule has 6 heteroatoms. The van der Waals surface area contributed by atoms with Gasteiger partial charge >= 0.3 is 0 Å². The number of nitrogens with one attached hydrogen (secondary N) is 2. The first-order chi connectivity index (χ1) is 13.4. The van der Waals surface area contributed by atoms with Crippen molar-refractivity contribution in [1.29, 1.82) is 0 Å². The molecule has 0 bridgehead atoms. The van der Waals surface area contributed by atoms with Crippen molar-refractivity contribution >= 4 is 29.0 Å². The molecule has 3 aromatic carbocycles. The zero-order valence-electron chi connectivity index (χ0n) is 15.0. The van der Waals surface area contributed by atoms with E-state index in [4.69, 9.17) is 0 Å². The van der Waals surface area contributed by atoms with Crippen LogP contribution >= 0.6 is 0 Å². The number of carbonyl (C=O) groups is 3. The van der Waals surface area contributed by atoms with Crippen LogP contribution in [0.5, 0.6) is 0 Å². The van der Waals surface area contributed by atoms with Crippen LogP contribution in [0.4, 0.5) is 15.8 Å². The summed E-state index contributed by atoms with van der Waals surface area (Å²) in [5, 5.41) is 5.31. The molecule has 5 nitrogen and oxygen atoms in total. The molecule has 140 valence electrons. The number of rotatable bonds is 5. The Labute approximate surface area is 161 Å². The molecule has 2 amide bonds. The van der Waals surface area contributed by atoms with Crippen LogP contribution in [0.15, 0.2) is 72.8 Å². The van der Waals surface area contributed by atoms with Crippen molar-refractivity contribution in [2.45, 2.75) is 6.92 Å². The van der Waals surface area contributed by atoms with Gasteiger partial charge < -0.3 is 10.6 Å². The number of hydrogen-bond acceptors (Lipinski definition) is 3. The Morgan fingerprint density at radius 1 is 0.679 bits per heavy atom. The van der Waals surface area contributed by atoms with Crippen LogP contribution in [0, 0.1) is 5.82 Å². The molecule has 0 aliphatic heterocycles. The Balaban J connectivity index is 1.68. The summed E-state index contributed by atoms with van der Waals surface area (Å²) < 4.78 is 13.2. The first-order valence-corrected chi connectivity index (χ1v) is 8.52. The minimum absolute atomic E-state index is 0.0928. The smallest absolute Gasteiger partial charge is 0.255 e. The lowest BCUT2D eigenvalue weighted by molar-refractivity contribution is 0.101. The van der Waals surface area contributed by atoms with Gasteiger partial charge in [0.15, 0.2) is 5.78 Å². The fraction of sp³-hybridized carbons (Fsp3) is 0.0455. The van der Waals surface area contributed by atoms with Gasteiger partial charge in [0.1, 0.15) is 5.82 Å². The molecule has 0 heterocycles. The predicted molar refractivity (Wildman–Crippen MR) is 105 cm³/mol. The number of carbonyl (C=O) groups excluding carboxylic acids is 3. The summed E-state index contributed by atoms with van der Waals surface area (Å²) in [6.07, 6.45) is 0. The molecular weight excluding hydrogens is 359 g/mol. The number of amides is 2. The van der Waals surface area contributed by atoms with E-state index in [0.717, 1.165) is 0 Å². The molecule has 0 radical (unpaired) electrons. The van der Waals surface area contributed by atoms with Crippen LogP contribution in [-0.4, -0.2) is 17.6 Å². The van der Waals surface area contributed by atoms with Gasteiger partial charge in [-0.15, -0.1) is 0 Å². The highest BCUT2D eigenvalue weighted by molar-refractivity contribution is 6.07. The third kappa shape index (κ3) is 4.67. The standard InChI is InChI=1S/C22H17FN2O3/c1-14(26)17-4-2-6-19(12-17)24-21(27)15-8-10-16(11-9-15)22(28)25-20-7-3-5-18(23)13-20/h2-13H,1H3,(H,24,27)(H,25,28). The minimum Gasteiger partial charge on any atom is -0.322 e. The molecule has 0 aliphatic carbocycles. The molecule has 0 unspecified atom stereocenters. The molecule has 0 aromatic heterocycles. The molecule has 0 fully saturated rings. The quantitative estimate of drug-likeness (QED) is 0.642. The Kier molecular flexibility index (Phi) is 5.60. The van der Waals surface area contributed by atoms with Gasteiger partial charge in [0.05, 0.1) is 0 Å². The van der Waals surface area contributed by atoms with Gasteiger partial charge in [-0.3, -0.25) is 14.4 Å². The maximum atomic E-state index is 13.2. The van der Waals surface area contributed by atoms with Crippen LogP contribution in [0.1, 0.15) is 38.0 Å². The molecular formula is C22H17FN2O3. The van der Waals surface area contributed by atoms with E-state index < -0.39 is 11.7 Å². The van der Waals surface area contributed by atoms with Crippen molar-refractivity contribution in [3.8, 4) is 0 Å². The van der Waals surface area contributed by atoms with Crippen molar-refractivity contribution in [2.24, 2.45) is 0 Å². The summed E-state index contributed by atoms with van der Waals surface area (Å²) in [5.74, 6) is -1.31. The fourth-order valence-electron chi connectivity index (χ4n) is 2.56. The van der Waals surface area contributed by atoms with E-state index in [1.807, 2.05) is 0 Å². The second-order valence-electron chi connectivity index (χ2n) is 6.13. The van der Waals surface area contributed by atoms with Crippen molar-refractivity contribution in [3.05, 3.63) is 95.3 Å². The van der Waals surface area contributed by atoms with E-state index >= 15 is 0 Å². The van der Waals surface area contributed by atoms with E-state index in [-0.39, 0.29) is 11.7 Å². The molecule has 0 atom stereocenters. The van der Waals surface area contributed by atoms with Gasteiger partial charge in [0.2, 0.25) is 0 Å². The third-order valence-corrected chi connectivity index (χ3v) is 4.02. The monoisotopic (exact) mass is 376 g/mol. The topological polar surface area (TPSA) is 75.3 Å². The molecule has 28 heavy (non-hydrogen) atoms. The lowest BCUT2D eigenvalue weighted by atomic mass is 10.1. The highest BCUT2D eigenvalue weighted by Crippen LogP contribution is 2.15. The maximum absolute atomic E-state index is 13.2. The first-order valence-electron chi connectivity index (χ1n) is 8.52. The SMILES string of the molecule is CC(=O)c1cccc(NC(=O)c2ccc(C(=O)Nc3cccc(F)c3)cc2)c1. The van der Waals surface area contributed by atoms with E-state index in [9.17, 15) is 18.8 Å². The maximum Gasteiger partial charge on any atom is 0.255 e. The van der Waals surface area contributed by atoms with Gasteiger partial charge in [-0.25, -0.2) is 4.39 Å². The number of ketones is 1. The summed E-state index contributed by atoms with van der Waals surface area (Å²) in [7, 11) is 0. The second-order valence-corrected chi connectivity index (χ2v) is 6.13. The number of benzene rings is 3. The molecule has 2 N–H and O–H groups in total. The molecule has 0 aliphatic rings. The van der Waals surface area contributed by atoms with Gasteiger partial charge in [-0.05, 0) is 61.5 Å². The van der Waals surface area contributed by atoms with Gasteiger partial charge in [0.25, 0.3) is 11.8 Å². The highest BCUT2D eigenvalue weighted by Gasteiger charge is 2.11. The van der Waals surface area contributed by atoms with Crippen LogP contribution in [-0.2, 0) is 0 Å². The van der Waals surface area contributed by atoms with Gasteiger partial charge in [-0.2, -0.15) is 0 Å². The van der Waals surface area contributed by atoms with Crippen LogP contribution in [0.2, 0.25) is 0 Å². The summed E-state index contributed by atoms with van der Waals surface area (Å²) in [4.78, 5) is 36.0. The lowest BCUT2D eigenvalue weighted by Gasteiger charge is -2.08. The van der Waals surface area contributed by atoms with Crippen LogP contribution in [0.25, 0.3) is 0 Å². The predicted octanol–water partition coefficient (Wildman–Crippen LogP) is 4.53. The molecule has 0 saturated carbocycles. The normalized spacial score (nSPS) is 10.2. The lowest BCUT2D eigenvalue weighted by Crippen LogP contribution is -2.14. The molecule has 0 saturated heterocycles. The van der Waals surface area contributed by atoms with E-state index in [0.29, 0.717) is 28.1 Å². The minimum atomic E-state index is -0.446. The average molecular weight is 376 g/mol. The van der Waals surface area contributed by atoms with E-state index in [2.05, 4.69) is 10.6 Å². The number of halogens is 1. The summed E-state index contributed by atoms with van der Waals surface area (Å²) in [6.45, 7) is 1.45. The second kappa shape index (κ2) is 8.26. The van der Waals surface area contributed by atoms with Gasteiger partial charge in [0, 0.05) is 28.1 Å². The largest absolute Gasteiger partial charge is 0.322 e. The zero-order chi connectivity index (χ0) is 20.1. The third-order valence-electron chi connectivity index (χ3n) is 4.02. The fourth-order valence-corrected chi connectivity index (χ4v) is 2.56. The molecule has 0 spiro atoms. The summed E-state index contributed by atoms with van der Waals surface area (Å²) in [6, 6.07) is 18.3. The highest BCUT2D eigenvalue weighted by atomic mass is 19.1. The Morgan fingerprint density at radius 2 is 1.18 bits per heavy atom. The summed E-state index contributed by atoms with van der Waals surface area (Å²) in [5.41, 5.74) is 2.04. The van der Waals surface area contributed by atoms with Crippen LogP contribution in [0.3, 0.4) is 0 Å². The van der Waals surface area contributed by atoms with Crippen molar-refractivity contribution in [2.75, 3.05) is 10.6 Å². The Bertz CT molecular complexity index is 1050. The van der Waals surface area contributed by atoms with Crippen molar-refractivity contribution < 1.29 is 18.8 Å². The van der Waals surface area contributed by atoms with Crippen molar-refractivity contribution in [1.82, 2.24) is 0 Å². The number of anilines is 2. The van der Waals surface area contributed by atoms with Crippen molar-refractivity contribution in [3.63, 3.8) is 0 Å². The Morgan fingerprint density at radius 3 is 1.68 bits per heavy atom. The first kappa shape index (κ1) is 19.0. The zero-order valence-corrected chi connectivity index (χ0v) is 15.0. The van der Waals surface area contributed by atoms with E-state index in [1.165, 1.54) is 49.4 Å². The number of Topliss-reactive ketones (excluding diaryl/α,β-unsaturated/α-hetero) is 1. The average Bonchev–Trinajstić information content (AvgIpc) is 2.68. The van der Waals surface area contributed by atoms with E-state index in [1.54, 1.807) is 30.3 Å². The van der Waals surface area contributed by atoms with Gasteiger partial charge in [-0.1, -0.05) is 18.2 Å². The van der Waals surface area contributed by atoms with Crippen LogP contribution < -0.4 is 10.6 Å². The molecule has 3 rings (SSSR count).